The van der Waals surface area contributed by atoms with Crippen LogP contribution in [0.2, 0.25) is 0 Å². The first-order valence-electron chi connectivity index (χ1n) is 11.9. The van der Waals surface area contributed by atoms with E-state index in [4.69, 9.17) is 9.72 Å². The molecule has 1 fully saturated rings. The SMILES string of the molecule is CCC(=CC=Cc1ccc(C(F)(F)F)cc1)C(=O)Oc1cccc(-c2csc(N3CCCCC3)n2)c1. The normalized spacial score (nSPS) is 14.9. The van der Waals surface area contributed by atoms with Crippen molar-refractivity contribution in [1.29, 1.82) is 0 Å². The minimum atomic E-state index is -4.37. The predicted molar refractivity (Wildman–Crippen MR) is 138 cm³/mol. The Balaban J connectivity index is 1.41. The second-order valence-electron chi connectivity index (χ2n) is 8.50. The van der Waals surface area contributed by atoms with Gasteiger partial charge in [-0.1, -0.05) is 49.4 Å². The second-order valence-corrected chi connectivity index (χ2v) is 9.34. The van der Waals surface area contributed by atoms with E-state index in [0.717, 1.165) is 41.6 Å². The number of benzene rings is 2. The van der Waals surface area contributed by atoms with Crippen LogP contribution >= 0.6 is 11.3 Å². The van der Waals surface area contributed by atoms with Crippen molar-refractivity contribution >= 4 is 28.5 Å². The highest BCUT2D eigenvalue weighted by atomic mass is 32.1. The van der Waals surface area contributed by atoms with Crippen LogP contribution in [0.25, 0.3) is 17.3 Å². The van der Waals surface area contributed by atoms with Gasteiger partial charge in [-0.15, -0.1) is 11.3 Å². The molecule has 2 heterocycles. The van der Waals surface area contributed by atoms with Crippen LogP contribution in [-0.4, -0.2) is 24.0 Å². The molecule has 36 heavy (non-hydrogen) atoms. The molecule has 0 aliphatic carbocycles. The van der Waals surface area contributed by atoms with Crippen LogP contribution in [0.3, 0.4) is 0 Å². The smallest absolute Gasteiger partial charge is 0.416 e. The quantitative estimate of drug-likeness (QED) is 0.140. The maximum absolute atomic E-state index is 12.7. The second kappa shape index (κ2) is 11.6. The number of hydrogen-bond acceptors (Lipinski definition) is 5. The minimum absolute atomic E-state index is 0.427. The van der Waals surface area contributed by atoms with Crippen LogP contribution in [-0.2, 0) is 11.0 Å². The number of carbonyl (C=O) groups excluding carboxylic acids is 1. The molecule has 0 bridgehead atoms. The number of alkyl halides is 3. The number of piperidine rings is 1. The first-order chi connectivity index (χ1) is 17.3. The average molecular weight is 513 g/mol. The zero-order valence-corrected chi connectivity index (χ0v) is 20.7. The summed E-state index contributed by atoms with van der Waals surface area (Å²) in [6.45, 7) is 3.90. The molecule has 1 aliphatic rings. The van der Waals surface area contributed by atoms with Crippen molar-refractivity contribution in [2.75, 3.05) is 18.0 Å². The standard InChI is InChI=1S/C28H27F3N2O2S/c1-2-21(9-6-8-20-12-14-23(15-13-20)28(29,30)31)26(34)35-24-11-7-10-22(18-24)25-19-36-27(32-25)33-16-4-3-5-17-33/h6-15,18-19H,2-5,16-17H2,1H3. The number of thiazole rings is 1. The number of aromatic nitrogens is 1. The molecular formula is C28H27F3N2O2S. The van der Waals surface area contributed by atoms with E-state index in [0.29, 0.717) is 23.3 Å². The van der Waals surface area contributed by atoms with E-state index < -0.39 is 17.7 Å². The highest BCUT2D eigenvalue weighted by molar-refractivity contribution is 7.14. The van der Waals surface area contributed by atoms with Gasteiger partial charge < -0.3 is 9.64 Å². The van der Waals surface area contributed by atoms with Gasteiger partial charge in [-0.3, -0.25) is 0 Å². The van der Waals surface area contributed by atoms with Gasteiger partial charge in [0.1, 0.15) is 5.75 Å². The van der Waals surface area contributed by atoms with Crippen LogP contribution in [0.4, 0.5) is 18.3 Å². The van der Waals surface area contributed by atoms with Gasteiger partial charge in [-0.2, -0.15) is 13.2 Å². The van der Waals surface area contributed by atoms with Crippen molar-refractivity contribution in [3.8, 4) is 17.0 Å². The molecule has 1 aromatic heterocycles. The Morgan fingerprint density at radius 1 is 1.11 bits per heavy atom. The maximum Gasteiger partial charge on any atom is 0.416 e. The lowest BCUT2D eigenvalue weighted by atomic mass is 10.1. The molecular weight excluding hydrogens is 485 g/mol. The van der Waals surface area contributed by atoms with E-state index >= 15 is 0 Å². The summed E-state index contributed by atoms with van der Waals surface area (Å²) >= 11 is 1.62. The molecule has 0 N–H and O–H groups in total. The highest BCUT2D eigenvalue weighted by Crippen LogP contribution is 2.31. The van der Waals surface area contributed by atoms with Crippen molar-refractivity contribution in [2.24, 2.45) is 0 Å². The molecule has 4 nitrogen and oxygen atoms in total. The van der Waals surface area contributed by atoms with Crippen LogP contribution in [0.15, 0.2) is 71.6 Å². The molecule has 1 saturated heterocycles. The Bertz CT molecular complexity index is 1240. The van der Waals surface area contributed by atoms with E-state index in [1.54, 1.807) is 41.7 Å². The molecule has 0 radical (unpaired) electrons. The lowest BCUT2D eigenvalue weighted by Crippen LogP contribution is -2.29. The molecule has 3 aromatic rings. The first-order valence-corrected chi connectivity index (χ1v) is 12.8. The molecule has 0 amide bonds. The van der Waals surface area contributed by atoms with Gasteiger partial charge in [0, 0.05) is 29.6 Å². The molecule has 4 rings (SSSR count). The average Bonchev–Trinajstić information content (AvgIpc) is 3.38. The fourth-order valence-corrected chi connectivity index (χ4v) is 4.80. The number of carbonyl (C=O) groups is 1. The molecule has 1 aliphatic heterocycles. The third-order valence-corrected chi connectivity index (χ3v) is 6.83. The summed E-state index contributed by atoms with van der Waals surface area (Å²) < 4.78 is 43.7. The van der Waals surface area contributed by atoms with E-state index in [1.165, 1.54) is 31.4 Å². The Kier molecular flexibility index (Phi) is 8.25. The van der Waals surface area contributed by atoms with Crippen LogP contribution < -0.4 is 9.64 Å². The van der Waals surface area contributed by atoms with E-state index in [1.807, 2.05) is 24.4 Å². The summed E-state index contributed by atoms with van der Waals surface area (Å²) in [6.07, 6.45) is 4.62. The zero-order chi connectivity index (χ0) is 25.5. The fraction of sp³-hybridized carbons (Fsp3) is 0.286. The predicted octanol–water partition coefficient (Wildman–Crippen LogP) is 7.77. The lowest BCUT2D eigenvalue weighted by Gasteiger charge is -2.25. The van der Waals surface area contributed by atoms with Crippen LogP contribution in [0, 0.1) is 0 Å². The summed E-state index contributed by atoms with van der Waals surface area (Å²) in [5.74, 6) is -0.0462. The monoisotopic (exact) mass is 512 g/mol. The van der Waals surface area contributed by atoms with Crippen molar-refractivity contribution in [3.63, 3.8) is 0 Å². The Hall–Kier alpha value is -3.39. The number of rotatable bonds is 7. The van der Waals surface area contributed by atoms with Crippen molar-refractivity contribution < 1.29 is 22.7 Å². The molecule has 0 atom stereocenters. The Morgan fingerprint density at radius 2 is 1.86 bits per heavy atom. The lowest BCUT2D eigenvalue weighted by molar-refractivity contribution is -0.137. The third kappa shape index (κ3) is 6.63. The van der Waals surface area contributed by atoms with Crippen molar-refractivity contribution in [1.82, 2.24) is 4.98 Å². The molecule has 2 aromatic carbocycles. The van der Waals surface area contributed by atoms with Crippen LogP contribution in [0.1, 0.15) is 43.7 Å². The summed E-state index contributed by atoms with van der Waals surface area (Å²) in [5.41, 5.74) is 2.08. The molecule has 0 spiro atoms. The Morgan fingerprint density at radius 3 is 2.56 bits per heavy atom. The van der Waals surface area contributed by atoms with E-state index in [9.17, 15) is 18.0 Å². The number of halogens is 3. The van der Waals surface area contributed by atoms with E-state index in [2.05, 4.69) is 4.90 Å². The minimum Gasteiger partial charge on any atom is -0.423 e. The van der Waals surface area contributed by atoms with E-state index in [-0.39, 0.29) is 0 Å². The summed E-state index contributed by atoms with van der Waals surface area (Å²) in [6, 6.07) is 12.1. The maximum atomic E-state index is 12.7. The van der Waals surface area contributed by atoms with Gasteiger partial charge in [0.05, 0.1) is 11.3 Å². The number of ether oxygens (including phenoxy) is 1. The van der Waals surface area contributed by atoms with Gasteiger partial charge in [-0.25, -0.2) is 9.78 Å². The zero-order valence-electron chi connectivity index (χ0n) is 19.9. The topological polar surface area (TPSA) is 42.4 Å². The summed E-state index contributed by atoms with van der Waals surface area (Å²) in [5, 5.41) is 3.04. The van der Waals surface area contributed by atoms with Crippen molar-refractivity contribution in [2.45, 2.75) is 38.8 Å². The highest BCUT2D eigenvalue weighted by Gasteiger charge is 2.29. The Labute approximate surface area is 212 Å². The fourth-order valence-electron chi connectivity index (χ4n) is 3.91. The first kappa shape index (κ1) is 25.7. The number of hydrogen-bond donors (Lipinski definition) is 0. The number of anilines is 1. The number of nitrogens with zero attached hydrogens (tertiary/aromatic N) is 2. The van der Waals surface area contributed by atoms with Gasteiger partial charge in [0.25, 0.3) is 0 Å². The number of esters is 1. The van der Waals surface area contributed by atoms with Crippen molar-refractivity contribution in [3.05, 3.63) is 82.8 Å². The summed E-state index contributed by atoms with van der Waals surface area (Å²) in [7, 11) is 0. The molecule has 8 heteroatoms. The molecule has 0 unspecified atom stereocenters. The van der Waals surface area contributed by atoms with Gasteiger partial charge >= 0.3 is 12.1 Å². The third-order valence-electron chi connectivity index (χ3n) is 5.93. The number of allylic oxidation sites excluding steroid dienone is 2. The van der Waals surface area contributed by atoms with Gasteiger partial charge in [-0.05, 0) is 55.5 Å². The molecule has 0 saturated carbocycles. The van der Waals surface area contributed by atoms with Gasteiger partial charge in [0.15, 0.2) is 5.13 Å². The molecule has 188 valence electrons. The van der Waals surface area contributed by atoms with Crippen LogP contribution in [0.5, 0.6) is 5.75 Å². The largest absolute Gasteiger partial charge is 0.423 e. The summed E-state index contributed by atoms with van der Waals surface area (Å²) in [4.78, 5) is 19.8. The van der Waals surface area contributed by atoms with Gasteiger partial charge in [0.2, 0.25) is 0 Å².